The molecule has 8 atom stereocenters. The van der Waals surface area contributed by atoms with Gasteiger partial charge in [0.1, 0.15) is 6.17 Å². The minimum Gasteiger partial charge on any atom is -0.356 e. The first kappa shape index (κ1) is 21.6. The number of nitrogens with zero attached hydrogens (tertiary/aromatic N) is 1. The van der Waals surface area contributed by atoms with Crippen molar-refractivity contribution in [3.05, 3.63) is 0 Å². The van der Waals surface area contributed by atoms with Gasteiger partial charge in [-0.1, -0.05) is 6.92 Å². The fourth-order valence-corrected chi connectivity index (χ4v) is 7.31. The van der Waals surface area contributed by atoms with E-state index >= 15 is 0 Å². The van der Waals surface area contributed by atoms with Crippen molar-refractivity contribution in [3.8, 4) is 0 Å². The first-order chi connectivity index (χ1) is 14.9. The van der Waals surface area contributed by atoms with Gasteiger partial charge in [0.15, 0.2) is 0 Å². The maximum Gasteiger partial charge on any atom is 0.237 e. The number of piperidine rings is 1. The van der Waals surface area contributed by atoms with Gasteiger partial charge in [0, 0.05) is 37.1 Å². The number of carbonyl (C=O) groups excluding carboxylic acids is 2. The molecule has 1 spiro atoms. The Labute approximate surface area is 185 Å². The van der Waals surface area contributed by atoms with E-state index in [1.807, 2.05) is 0 Å². The Hall–Kier alpha value is -1.21. The van der Waals surface area contributed by atoms with Crippen molar-refractivity contribution in [2.45, 2.75) is 101 Å². The Morgan fingerprint density at radius 1 is 1.16 bits per heavy atom. The highest BCUT2D eigenvalue weighted by Gasteiger charge is 2.48. The maximum absolute atomic E-state index is 14.4. The second kappa shape index (κ2) is 8.62. The molecule has 0 bridgehead atoms. The van der Waals surface area contributed by atoms with Crippen molar-refractivity contribution in [2.24, 2.45) is 17.3 Å². The number of hydrogen-bond donors (Lipinski definition) is 3. The van der Waals surface area contributed by atoms with Crippen molar-refractivity contribution < 1.29 is 14.0 Å². The van der Waals surface area contributed by atoms with Crippen LogP contribution >= 0.6 is 0 Å². The van der Waals surface area contributed by atoms with Crippen molar-refractivity contribution in [1.29, 1.82) is 0 Å². The van der Waals surface area contributed by atoms with Crippen LogP contribution in [0, 0.1) is 17.3 Å². The predicted molar refractivity (Wildman–Crippen MR) is 117 cm³/mol. The van der Waals surface area contributed by atoms with E-state index in [2.05, 4.69) is 27.8 Å². The van der Waals surface area contributed by atoms with Gasteiger partial charge in [-0.05, 0) is 76.7 Å². The van der Waals surface area contributed by atoms with Crippen LogP contribution in [-0.4, -0.2) is 66.7 Å². The van der Waals surface area contributed by atoms with E-state index in [4.69, 9.17) is 0 Å². The van der Waals surface area contributed by atoms with Gasteiger partial charge < -0.3 is 16.0 Å². The molecule has 5 rings (SSSR count). The van der Waals surface area contributed by atoms with E-state index in [0.717, 1.165) is 71.0 Å². The fraction of sp³-hybridized carbons (Fsp3) is 0.917. The second-order valence-corrected chi connectivity index (χ2v) is 11.1. The number of carbonyl (C=O) groups is 2. The Kier molecular flexibility index (Phi) is 6.01. The van der Waals surface area contributed by atoms with Crippen LogP contribution in [-0.2, 0) is 9.59 Å². The molecule has 5 fully saturated rings. The van der Waals surface area contributed by atoms with Crippen LogP contribution < -0.4 is 16.0 Å². The summed E-state index contributed by atoms with van der Waals surface area (Å²) in [5.74, 6) is 0.727. The van der Waals surface area contributed by atoms with E-state index in [1.165, 1.54) is 0 Å². The normalized spacial score (nSPS) is 46.0. The van der Waals surface area contributed by atoms with Crippen molar-refractivity contribution in [3.63, 3.8) is 0 Å². The number of fused-ring (bicyclic) bond motifs is 1. The van der Waals surface area contributed by atoms with Crippen LogP contribution in [0.4, 0.5) is 4.39 Å². The first-order valence-corrected chi connectivity index (χ1v) is 12.7. The second-order valence-electron chi connectivity index (χ2n) is 11.1. The summed E-state index contributed by atoms with van der Waals surface area (Å²) in [6.07, 6.45) is 8.68. The fourth-order valence-electron chi connectivity index (χ4n) is 7.31. The highest BCUT2D eigenvalue weighted by atomic mass is 19.1. The summed E-state index contributed by atoms with van der Waals surface area (Å²) < 4.78 is 14.4. The van der Waals surface area contributed by atoms with Gasteiger partial charge in [-0.15, -0.1) is 0 Å². The van der Waals surface area contributed by atoms with Crippen LogP contribution in [0.15, 0.2) is 0 Å². The highest BCUT2D eigenvalue weighted by Crippen LogP contribution is 2.40. The van der Waals surface area contributed by atoms with Crippen LogP contribution in [0.25, 0.3) is 0 Å². The molecule has 2 saturated carbocycles. The van der Waals surface area contributed by atoms with Gasteiger partial charge in [0.2, 0.25) is 11.8 Å². The molecule has 0 aromatic carbocycles. The molecule has 6 unspecified atom stereocenters. The minimum absolute atomic E-state index is 0.0132. The monoisotopic (exact) mass is 434 g/mol. The zero-order valence-electron chi connectivity index (χ0n) is 18.9. The molecular formula is C24H39FN4O2. The summed E-state index contributed by atoms with van der Waals surface area (Å²) in [6, 6.07) is 0.513. The van der Waals surface area contributed by atoms with Gasteiger partial charge in [-0.3, -0.25) is 14.5 Å². The lowest BCUT2D eigenvalue weighted by atomic mass is 9.77. The Morgan fingerprint density at radius 2 is 2.03 bits per heavy atom. The van der Waals surface area contributed by atoms with E-state index in [-0.39, 0.29) is 41.3 Å². The third-order valence-corrected chi connectivity index (χ3v) is 9.14. The predicted octanol–water partition coefficient (Wildman–Crippen LogP) is 2.13. The summed E-state index contributed by atoms with van der Waals surface area (Å²) in [5, 5.41) is 9.82. The molecular weight excluding hydrogens is 395 g/mol. The summed E-state index contributed by atoms with van der Waals surface area (Å²) in [4.78, 5) is 28.0. The number of halogens is 1. The number of amides is 2. The van der Waals surface area contributed by atoms with Crippen LogP contribution in [0.3, 0.4) is 0 Å². The number of nitrogens with one attached hydrogen (secondary N) is 3. The van der Waals surface area contributed by atoms with Crippen LogP contribution in [0.5, 0.6) is 0 Å². The smallest absolute Gasteiger partial charge is 0.237 e. The average Bonchev–Trinajstić information content (AvgIpc) is 3.37. The summed E-state index contributed by atoms with van der Waals surface area (Å²) >= 11 is 0. The molecule has 2 amide bonds. The Morgan fingerprint density at radius 3 is 2.81 bits per heavy atom. The minimum atomic E-state index is -0.773. The molecule has 0 radical (unpaired) electrons. The Balaban J connectivity index is 1.17. The summed E-state index contributed by atoms with van der Waals surface area (Å²) in [5.41, 5.74) is -0.182. The third kappa shape index (κ3) is 4.12. The van der Waals surface area contributed by atoms with E-state index in [9.17, 15) is 14.0 Å². The zero-order chi connectivity index (χ0) is 21.6. The SMILES string of the molecule is CC1CCC(F)C2CC(C(=O)N[C@@H]3CCC[C@H](N4CCCC5(CCNC5=O)C4)C3)NC12. The molecule has 3 N–H and O–H groups in total. The number of alkyl halides is 1. The number of likely N-dealkylation sites (tertiary alicyclic amines) is 1. The van der Waals surface area contributed by atoms with Crippen LogP contribution in [0.2, 0.25) is 0 Å². The molecule has 5 aliphatic rings. The van der Waals surface area contributed by atoms with E-state index < -0.39 is 6.17 Å². The maximum atomic E-state index is 14.4. The molecule has 3 heterocycles. The molecule has 0 aromatic rings. The standard InChI is InChI=1S/C24H39FN4O2/c1-15-6-7-19(25)18-13-20(28-21(15)18)22(30)27-16-4-2-5-17(12-16)29-11-3-8-24(14-29)9-10-26-23(24)31/h15-21,28H,2-14H2,1H3,(H,26,31)(H,27,30)/t15?,16-,17+,18?,19?,20?,21?,24?/m1/s1. The summed E-state index contributed by atoms with van der Waals surface area (Å²) in [7, 11) is 0. The molecule has 174 valence electrons. The van der Waals surface area contributed by atoms with Gasteiger partial charge in [0.25, 0.3) is 0 Å². The van der Waals surface area contributed by atoms with Gasteiger partial charge in [-0.25, -0.2) is 4.39 Å². The first-order valence-electron chi connectivity index (χ1n) is 12.7. The average molecular weight is 435 g/mol. The van der Waals surface area contributed by atoms with Crippen molar-refractivity contribution in [1.82, 2.24) is 20.9 Å². The zero-order valence-corrected chi connectivity index (χ0v) is 18.9. The molecule has 6 nitrogen and oxygen atoms in total. The van der Waals surface area contributed by atoms with Crippen LogP contribution in [0.1, 0.15) is 71.1 Å². The molecule has 2 aliphatic carbocycles. The van der Waals surface area contributed by atoms with Crippen molar-refractivity contribution >= 4 is 11.8 Å². The topological polar surface area (TPSA) is 73.5 Å². The summed E-state index contributed by atoms with van der Waals surface area (Å²) in [6.45, 7) is 4.92. The largest absolute Gasteiger partial charge is 0.356 e. The molecule has 31 heavy (non-hydrogen) atoms. The highest BCUT2D eigenvalue weighted by molar-refractivity contribution is 5.85. The lowest BCUT2D eigenvalue weighted by Crippen LogP contribution is -2.54. The van der Waals surface area contributed by atoms with Gasteiger partial charge in [-0.2, -0.15) is 0 Å². The number of rotatable bonds is 3. The third-order valence-electron chi connectivity index (χ3n) is 9.14. The van der Waals surface area contributed by atoms with Gasteiger partial charge >= 0.3 is 0 Å². The van der Waals surface area contributed by atoms with E-state index in [0.29, 0.717) is 24.8 Å². The molecule has 7 heteroatoms. The van der Waals surface area contributed by atoms with E-state index in [1.54, 1.807) is 0 Å². The number of hydrogen-bond acceptors (Lipinski definition) is 4. The Bertz CT molecular complexity index is 687. The molecule has 3 aliphatic heterocycles. The molecule has 0 aromatic heterocycles. The lowest BCUT2D eigenvalue weighted by molar-refractivity contribution is -0.131. The quantitative estimate of drug-likeness (QED) is 0.636. The van der Waals surface area contributed by atoms with Crippen molar-refractivity contribution in [2.75, 3.05) is 19.6 Å². The van der Waals surface area contributed by atoms with Gasteiger partial charge in [0.05, 0.1) is 11.5 Å². The lowest BCUT2D eigenvalue weighted by Gasteiger charge is -2.45. The molecule has 3 saturated heterocycles.